The number of aromatic nitrogens is 3. The van der Waals surface area contributed by atoms with E-state index in [0.717, 1.165) is 42.0 Å². The van der Waals surface area contributed by atoms with Gasteiger partial charge in [0, 0.05) is 42.1 Å². The third-order valence-electron chi connectivity index (χ3n) is 7.05. The van der Waals surface area contributed by atoms with Gasteiger partial charge in [0.1, 0.15) is 17.2 Å². The number of piperidine rings is 1. The van der Waals surface area contributed by atoms with Gasteiger partial charge in [-0.05, 0) is 82.0 Å². The molecule has 0 radical (unpaired) electrons. The van der Waals surface area contributed by atoms with E-state index in [0.29, 0.717) is 13.1 Å². The van der Waals surface area contributed by atoms with Crippen LogP contribution in [0, 0.1) is 5.82 Å². The van der Waals surface area contributed by atoms with Crippen LogP contribution in [0.15, 0.2) is 85.3 Å². The summed E-state index contributed by atoms with van der Waals surface area (Å²) < 4.78 is 21.7. The van der Waals surface area contributed by atoms with Crippen molar-refractivity contribution >= 4 is 6.09 Å². The maximum Gasteiger partial charge on any atom is 0.410 e. The van der Waals surface area contributed by atoms with Crippen molar-refractivity contribution in [3.05, 3.63) is 103 Å². The number of hydrogen-bond donors (Lipinski definition) is 0. The standard InChI is InChI=1S/C31H33FN4O2/c1-30(2,3)38-29(37)35-19-15-31(16-20-35,21-23-7-5-4-6-8-23)28-34-22-27(24-13-17-33-18-14-24)36(28)26-11-9-25(32)10-12-26/h4-14,17-18,22H,15-16,19-21H2,1-3H3. The highest BCUT2D eigenvalue weighted by Gasteiger charge is 2.42. The largest absolute Gasteiger partial charge is 0.444 e. The third-order valence-corrected chi connectivity index (χ3v) is 7.05. The number of amides is 1. The number of carbonyl (C=O) groups excluding carboxylic acids is 1. The fourth-order valence-corrected chi connectivity index (χ4v) is 5.21. The molecule has 2 aromatic heterocycles. The topological polar surface area (TPSA) is 60.2 Å². The summed E-state index contributed by atoms with van der Waals surface area (Å²) in [6, 6.07) is 20.8. The number of ether oxygens (including phenoxy) is 1. The van der Waals surface area contributed by atoms with Gasteiger partial charge in [-0.1, -0.05) is 30.3 Å². The summed E-state index contributed by atoms with van der Waals surface area (Å²) >= 11 is 0. The van der Waals surface area contributed by atoms with Crippen molar-refractivity contribution in [1.29, 1.82) is 0 Å². The van der Waals surface area contributed by atoms with Gasteiger partial charge in [0.25, 0.3) is 0 Å². The third kappa shape index (κ3) is 5.47. The van der Waals surface area contributed by atoms with Crippen molar-refractivity contribution < 1.29 is 13.9 Å². The number of nitrogens with zero attached hydrogens (tertiary/aromatic N) is 4. The van der Waals surface area contributed by atoms with Crippen molar-refractivity contribution in [3.8, 4) is 16.9 Å². The smallest absolute Gasteiger partial charge is 0.410 e. The van der Waals surface area contributed by atoms with Crippen LogP contribution in [0.3, 0.4) is 0 Å². The Hall–Kier alpha value is -4.00. The molecule has 0 spiro atoms. The van der Waals surface area contributed by atoms with E-state index in [4.69, 9.17) is 9.72 Å². The minimum atomic E-state index is -0.548. The van der Waals surface area contributed by atoms with Gasteiger partial charge in [0.2, 0.25) is 0 Å². The minimum absolute atomic E-state index is 0.287. The molecule has 0 bridgehead atoms. The van der Waals surface area contributed by atoms with Crippen LogP contribution in [0.2, 0.25) is 0 Å². The zero-order chi connectivity index (χ0) is 26.8. The molecule has 0 saturated carbocycles. The van der Waals surface area contributed by atoms with Crippen molar-refractivity contribution in [3.63, 3.8) is 0 Å². The molecule has 1 fully saturated rings. The number of benzene rings is 2. The van der Waals surface area contributed by atoms with Gasteiger partial charge in [0.05, 0.1) is 11.9 Å². The number of pyridine rings is 1. The zero-order valence-corrected chi connectivity index (χ0v) is 22.1. The highest BCUT2D eigenvalue weighted by atomic mass is 19.1. The highest BCUT2D eigenvalue weighted by molar-refractivity contribution is 5.68. The van der Waals surface area contributed by atoms with E-state index < -0.39 is 5.60 Å². The van der Waals surface area contributed by atoms with Gasteiger partial charge in [-0.3, -0.25) is 9.55 Å². The number of hydrogen-bond acceptors (Lipinski definition) is 4. The highest BCUT2D eigenvalue weighted by Crippen LogP contribution is 2.41. The van der Waals surface area contributed by atoms with Crippen LogP contribution in [0.4, 0.5) is 9.18 Å². The van der Waals surface area contributed by atoms with E-state index in [-0.39, 0.29) is 17.3 Å². The Morgan fingerprint density at radius 1 is 0.974 bits per heavy atom. The molecule has 0 aliphatic carbocycles. The summed E-state index contributed by atoms with van der Waals surface area (Å²) in [7, 11) is 0. The Morgan fingerprint density at radius 2 is 1.63 bits per heavy atom. The fraction of sp³-hybridized carbons (Fsp3) is 0.323. The summed E-state index contributed by atoms with van der Waals surface area (Å²) in [4.78, 5) is 23.9. The first-order valence-corrected chi connectivity index (χ1v) is 13.0. The second-order valence-electron chi connectivity index (χ2n) is 10.9. The summed E-state index contributed by atoms with van der Waals surface area (Å²) in [5.41, 5.74) is 3.04. The molecule has 0 unspecified atom stereocenters. The van der Waals surface area contributed by atoms with Crippen molar-refractivity contribution in [1.82, 2.24) is 19.4 Å². The Bertz CT molecular complexity index is 1370. The van der Waals surface area contributed by atoms with Crippen LogP contribution in [-0.4, -0.2) is 44.2 Å². The van der Waals surface area contributed by atoms with Crippen molar-refractivity contribution in [2.45, 2.75) is 51.0 Å². The van der Waals surface area contributed by atoms with E-state index in [2.05, 4.69) is 21.7 Å². The molecule has 196 valence electrons. The van der Waals surface area contributed by atoms with Crippen LogP contribution in [0.1, 0.15) is 45.0 Å². The van der Waals surface area contributed by atoms with Gasteiger partial charge >= 0.3 is 6.09 Å². The molecule has 38 heavy (non-hydrogen) atoms. The number of carbonyl (C=O) groups is 1. The molecule has 6 nitrogen and oxygen atoms in total. The first-order chi connectivity index (χ1) is 18.2. The molecule has 4 aromatic rings. The summed E-state index contributed by atoms with van der Waals surface area (Å²) in [6.45, 7) is 6.77. The lowest BCUT2D eigenvalue weighted by Gasteiger charge is -2.42. The molecular weight excluding hydrogens is 479 g/mol. The van der Waals surface area contributed by atoms with Gasteiger partial charge in [0.15, 0.2) is 0 Å². The molecular formula is C31H33FN4O2. The first kappa shape index (κ1) is 25.6. The quantitative estimate of drug-likeness (QED) is 0.303. The minimum Gasteiger partial charge on any atom is -0.444 e. The van der Waals surface area contributed by atoms with Crippen LogP contribution in [0.25, 0.3) is 16.9 Å². The zero-order valence-electron chi connectivity index (χ0n) is 22.1. The Labute approximate surface area is 223 Å². The molecule has 2 aromatic carbocycles. The molecule has 5 rings (SSSR count). The summed E-state index contributed by atoms with van der Waals surface area (Å²) in [5, 5.41) is 0. The first-order valence-electron chi connectivity index (χ1n) is 13.0. The van der Waals surface area contributed by atoms with Crippen molar-refractivity contribution in [2.24, 2.45) is 0 Å². The Balaban J connectivity index is 1.59. The lowest BCUT2D eigenvalue weighted by atomic mass is 9.73. The average Bonchev–Trinajstić information content (AvgIpc) is 3.36. The van der Waals surface area contributed by atoms with Gasteiger partial charge in [-0.25, -0.2) is 14.2 Å². The second kappa shape index (κ2) is 10.4. The summed E-state index contributed by atoms with van der Waals surface area (Å²) in [6.07, 6.45) is 7.33. The molecule has 0 N–H and O–H groups in total. The molecule has 1 aliphatic heterocycles. The van der Waals surface area contributed by atoms with E-state index in [1.54, 1.807) is 29.4 Å². The van der Waals surface area contributed by atoms with Gasteiger partial charge in [-0.2, -0.15) is 0 Å². The van der Waals surface area contributed by atoms with Gasteiger partial charge < -0.3 is 9.64 Å². The monoisotopic (exact) mass is 512 g/mol. The van der Waals surface area contributed by atoms with Crippen LogP contribution in [0.5, 0.6) is 0 Å². The van der Waals surface area contributed by atoms with E-state index >= 15 is 0 Å². The normalized spacial score (nSPS) is 15.3. The number of imidazole rings is 1. The SMILES string of the molecule is CC(C)(C)OC(=O)N1CCC(Cc2ccccc2)(c2ncc(-c3ccncc3)n2-c2ccc(F)cc2)CC1. The molecule has 7 heteroatoms. The lowest BCUT2D eigenvalue weighted by Crippen LogP contribution is -2.48. The molecule has 1 saturated heterocycles. The number of halogens is 1. The maximum atomic E-state index is 13.9. The van der Waals surface area contributed by atoms with Crippen LogP contribution in [-0.2, 0) is 16.6 Å². The predicted octanol–water partition coefficient (Wildman–Crippen LogP) is 6.58. The number of rotatable bonds is 5. The summed E-state index contributed by atoms with van der Waals surface area (Å²) in [5.74, 6) is 0.620. The Kier molecular flexibility index (Phi) is 7.02. The van der Waals surface area contributed by atoms with E-state index in [1.165, 1.54) is 17.7 Å². The molecule has 3 heterocycles. The molecule has 0 atom stereocenters. The van der Waals surface area contributed by atoms with Gasteiger partial charge in [-0.15, -0.1) is 0 Å². The van der Waals surface area contributed by atoms with Crippen molar-refractivity contribution in [2.75, 3.05) is 13.1 Å². The molecule has 1 aliphatic rings. The second-order valence-corrected chi connectivity index (χ2v) is 10.9. The maximum absolute atomic E-state index is 13.9. The average molecular weight is 513 g/mol. The van der Waals surface area contributed by atoms with E-state index in [1.807, 2.05) is 57.3 Å². The van der Waals surface area contributed by atoms with Crippen LogP contribution >= 0.6 is 0 Å². The fourth-order valence-electron chi connectivity index (χ4n) is 5.21. The number of likely N-dealkylation sites (tertiary alicyclic amines) is 1. The van der Waals surface area contributed by atoms with Crippen LogP contribution < -0.4 is 0 Å². The van der Waals surface area contributed by atoms with E-state index in [9.17, 15) is 9.18 Å². The lowest BCUT2D eigenvalue weighted by molar-refractivity contribution is 0.0158. The Morgan fingerprint density at radius 3 is 2.26 bits per heavy atom. The molecule has 1 amide bonds. The predicted molar refractivity (Wildman–Crippen MR) is 146 cm³/mol.